The maximum Gasteiger partial charge on any atom is 0.115 e. The first-order valence-corrected chi connectivity index (χ1v) is 7.40. The van der Waals surface area contributed by atoms with Crippen LogP contribution >= 0.6 is 0 Å². The van der Waals surface area contributed by atoms with Crippen LogP contribution in [0.25, 0.3) is 0 Å². The highest BCUT2D eigenvalue weighted by Crippen LogP contribution is 2.04. The molecule has 3 nitrogen and oxygen atoms in total. The molecule has 3 heteroatoms. The molecule has 0 aromatic heterocycles. The van der Waals surface area contributed by atoms with Gasteiger partial charge in [-0.3, -0.25) is 0 Å². The summed E-state index contributed by atoms with van der Waals surface area (Å²) < 4.78 is 0. The molecule has 0 saturated heterocycles. The second kappa shape index (κ2) is 14.0. The number of benzene rings is 3. The predicted octanol–water partition coefficient (Wildman–Crippen LogP) is 5.20. The monoisotopic (exact) mass is 312 g/mol. The number of phenols is 3. The van der Waals surface area contributed by atoms with Crippen molar-refractivity contribution in [1.82, 2.24) is 0 Å². The van der Waals surface area contributed by atoms with E-state index in [0.717, 1.165) is 0 Å². The molecule has 0 aliphatic rings. The highest BCUT2D eigenvalue weighted by molar-refractivity contribution is 5.19. The zero-order valence-electron chi connectivity index (χ0n) is 13.5. The van der Waals surface area contributed by atoms with Gasteiger partial charge in [-0.2, -0.15) is 0 Å². The lowest BCUT2D eigenvalue weighted by Crippen LogP contribution is -1.56. The van der Waals surface area contributed by atoms with E-state index < -0.39 is 0 Å². The fourth-order valence-electron chi connectivity index (χ4n) is 1.28. The van der Waals surface area contributed by atoms with Gasteiger partial charge in [0, 0.05) is 0 Å². The molecule has 0 unspecified atom stereocenters. The third-order valence-corrected chi connectivity index (χ3v) is 2.27. The summed E-state index contributed by atoms with van der Waals surface area (Å²) in [5, 5.41) is 25.9. The fourth-order valence-corrected chi connectivity index (χ4v) is 1.28. The van der Waals surface area contributed by atoms with Crippen LogP contribution < -0.4 is 0 Å². The number of aromatic hydroxyl groups is 3. The SMILES string of the molecule is CC.Oc1ccccc1.Oc1ccccc1.Oc1ccccc1. The molecule has 3 rings (SSSR count). The molecule has 3 N–H and O–H groups in total. The van der Waals surface area contributed by atoms with Gasteiger partial charge < -0.3 is 15.3 Å². The lowest BCUT2D eigenvalue weighted by Gasteiger charge is -1.82. The normalized spacial score (nSPS) is 8.09. The van der Waals surface area contributed by atoms with Crippen molar-refractivity contribution in [3.8, 4) is 17.2 Å². The summed E-state index contributed by atoms with van der Waals surface area (Å²) in [5.74, 6) is 0.965. The Morgan fingerprint density at radius 3 is 0.652 bits per heavy atom. The first-order chi connectivity index (χ1) is 11.2. The van der Waals surface area contributed by atoms with E-state index in [0.29, 0.717) is 17.2 Å². The van der Waals surface area contributed by atoms with E-state index in [-0.39, 0.29) is 0 Å². The summed E-state index contributed by atoms with van der Waals surface area (Å²) in [6, 6.07) is 26.1. The Morgan fingerprint density at radius 1 is 0.391 bits per heavy atom. The van der Waals surface area contributed by atoms with Gasteiger partial charge in [-0.1, -0.05) is 68.4 Å². The van der Waals surface area contributed by atoms with Crippen LogP contribution in [0.2, 0.25) is 0 Å². The molecular formula is C20H24O3. The van der Waals surface area contributed by atoms with E-state index in [1.54, 1.807) is 72.8 Å². The summed E-state index contributed by atoms with van der Waals surface area (Å²) in [6.45, 7) is 4.00. The molecule has 0 aliphatic heterocycles. The van der Waals surface area contributed by atoms with Crippen LogP contribution in [-0.4, -0.2) is 15.3 Å². The lowest BCUT2D eigenvalue weighted by molar-refractivity contribution is 0.475. The van der Waals surface area contributed by atoms with Crippen LogP contribution in [0.15, 0.2) is 91.0 Å². The number of para-hydroxylation sites is 3. The van der Waals surface area contributed by atoms with Crippen molar-refractivity contribution >= 4 is 0 Å². The van der Waals surface area contributed by atoms with E-state index >= 15 is 0 Å². The van der Waals surface area contributed by atoms with Crippen LogP contribution in [0.4, 0.5) is 0 Å². The van der Waals surface area contributed by atoms with E-state index in [9.17, 15) is 0 Å². The largest absolute Gasteiger partial charge is 0.508 e. The molecule has 0 aliphatic carbocycles. The van der Waals surface area contributed by atoms with Crippen LogP contribution in [0.5, 0.6) is 17.2 Å². The van der Waals surface area contributed by atoms with E-state index in [1.807, 2.05) is 32.0 Å². The molecule has 3 aromatic carbocycles. The van der Waals surface area contributed by atoms with Gasteiger partial charge in [-0.05, 0) is 36.4 Å². The quantitative estimate of drug-likeness (QED) is 0.534. The first kappa shape index (κ1) is 20.1. The van der Waals surface area contributed by atoms with Crippen molar-refractivity contribution in [2.75, 3.05) is 0 Å². The number of phenolic OH excluding ortho intramolecular Hbond substituents is 3. The van der Waals surface area contributed by atoms with E-state index in [1.165, 1.54) is 0 Å². The summed E-state index contributed by atoms with van der Waals surface area (Å²) >= 11 is 0. The molecular weight excluding hydrogens is 288 g/mol. The fraction of sp³-hybridized carbons (Fsp3) is 0.100. The zero-order valence-corrected chi connectivity index (χ0v) is 13.5. The van der Waals surface area contributed by atoms with Crippen molar-refractivity contribution in [2.45, 2.75) is 13.8 Å². The maximum atomic E-state index is 8.63. The van der Waals surface area contributed by atoms with Gasteiger partial charge >= 0.3 is 0 Å². The van der Waals surface area contributed by atoms with Crippen molar-refractivity contribution in [3.63, 3.8) is 0 Å². The van der Waals surface area contributed by atoms with Crippen LogP contribution in [-0.2, 0) is 0 Å². The van der Waals surface area contributed by atoms with Gasteiger partial charge in [-0.25, -0.2) is 0 Å². The minimum absolute atomic E-state index is 0.322. The molecule has 0 saturated carbocycles. The molecule has 0 atom stereocenters. The highest BCUT2D eigenvalue weighted by Gasteiger charge is 1.76. The number of rotatable bonds is 0. The molecule has 122 valence electrons. The van der Waals surface area contributed by atoms with E-state index in [2.05, 4.69) is 0 Å². The van der Waals surface area contributed by atoms with Crippen LogP contribution in [0.1, 0.15) is 13.8 Å². The Balaban J connectivity index is 0.000000299. The summed E-state index contributed by atoms with van der Waals surface area (Å²) in [5.41, 5.74) is 0. The van der Waals surface area contributed by atoms with E-state index in [4.69, 9.17) is 15.3 Å². The Kier molecular flexibility index (Phi) is 12.2. The Labute approximate surface area is 138 Å². The molecule has 0 heterocycles. The molecule has 0 spiro atoms. The van der Waals surface area contributed by atoms with Crippen molar-refractivity contribution in [3.05, 3.63) is 91.0 Å². The minimum Gasteiger partial charge on any atom is -0.508 e. The average molecular weight is 312 g/mol. The number of hydrogen-bond donors (Lipinski definition) is 3. The molecule has 0 bridgehead atoms. The van der Waals surface area contributed by atoms with Crippen LogP contribution in [0, 0.1) is 0 Å². The summed E-state index contributed by atoms with van der Waals surface area (Å²) in [4.78, 5) is 0. The van der Waals surface area contributed by atoms with Crippen molar-refractivity contribution in [1.29, 1.82) is 0 Å². The van der Waals surface area contributed by atoms with Gasteiger partial charge in [0.05, 0.1) is 0 Å². The standard InChI is InChI=1S/3C6H6O.C2H6/c3*7-6-4-2-1-3-5-6;1-2/h3*1-5,7H;1-2H3. The molecule has 3 aromatic rings. The topological polar surface area (TPSA) is 60.7 Å². The van der Waals surface area contributed by atoms with Crippen molar-refractivity contribution in [2.24, 2.45) is 0 Å². The predicted molar refractivity (Wildman–Crippen MR) is 95.7 cm³/mol. The average Bonchev–Trinajstić information content (AvgIpc) is 2.60. The Hall–Kier alpha value is -2.94. The third-order valence-electron chi connectivity index (χ3n) is 2.27. The summed E-state index contributed by atoms with van der Waals surface area (Å²) in [7, 11) is 0. The highest BCUT2D eigenvalue weighted by atomic mass is 16.3. The van der Waals surface area contributed by atoms with Gasteiger partial charge in [0.25, 0.3) is 0 Å². The Morgan fingerprint density at radius 2 is 0.565 bits per heavy atom. The molecule has 23 heavy (non-hydrogen) atoms. The van der Waals surface area contributed by atoms with Crippen LogP contribution in [0.3, 0.4) is 0 Å². The second-order valence-corrected chi connectivity index (χ2v) is 4.01. The minimum atomic E-state index is 0.322. The first-order valence-electron chi connectivity index (χ1n) is 7.40. The maximum absolute atomic E-state index is 8.63. The lowest BCUT2D eigenvalue weighted by atomic mass is 10.3. The number of hydrogen-bond acceptors (Lipinski definition) is 3. The molecule has 0 radical (unpaired) electrons. The van der Waals surface area contributed by atoms with Gasteiger partial charge in [0.15, 0.2) is 0 Å². The molecule has 0 fully saturated rings. The summed E-state index contributed by atoms with van der Waals surface area (Å²) in [6.07, 6.45) is 0. The smallest absolute Gasteiger partial charge is 0.115 e. The van der Waals surface area contributed by atoms with Crippen molar-refractivity contribution < 1.29 is 15.3 Å². The van der Waals surface area contributed by atoms with Gasteiger partial charge in [-0.15, -0.1) is 0 Å². The van der Waals surface area contributed by atoms with Gasteiger partial charge in [0.2, 0.25) is 0 Å². The zero-order chi connectivity index (χ0) is 17.3. The van der Waals surface area contributed by atoms with Gasteiger partial charge in [0.1, 0.15) is 17.2 Å². The third kappa shape index (κ3) is 12.5. The second-order valence-electron chi connectivity index (χ2n) is 4.01. The molecule has 0 amide bonds. The Bertz CT molecular complexity index is 492.